The minimum Gasteiger partial charge on any atom is -0.379 e. The maximum absolute atomic E-state index is 8.83. The molecule has 0 spiro atoms. The van der Waals surface area contributed by atoms with Gasteiger partial charge in [0.25, 0.3) is 0 Å². The third kappa shape index (κ3) is 4.05. The molecule has 80 valence electrons. The van der Waals surface area contributed by atoms with Crippen LogP contribution in [0, 0.1) is 11.3 Å². The number of ether oxygens (including phenoxy) is 2. The second-order valence-electron chi connectivity index (χ2n) is 3.82. The van der Waals surface area contributed by atoms with Crippen molar-refractivity contribution in [1.29, 1.82) is 5.26 Å². The fourth-order valence-corrected chi connectivity index (χ4v) is 1.40. The smallest absolute Gasteiger partial charge is 0.119 e. The summed E-state index contributed by atoms with van der Waals surface area (Å²) in [5.74, 6) is 0. The third-order valence-corrected chi connectivity index (χ3v) is 2.08. The van der Waals surface area contributed by atoms with E-state index in [-0.39, 0.29) is 12.1 Å². The minimum atomic E-state index is -0.212. The van der Waals surface area contributed by atoms with Gasteiger partial charge in [0, 0.05) is 12.6 Å². The highest BCUT2D eigenvalue weighted by Gasteiger charge is 2.18. The van der Waals surface area contributed by atoms with Crippen LogP contribution >= 0.6 is 0 Å². The van der Waals surface area contributed by atoms with Crippen molar-refractivity contribution in [2.45, 2.75) is 38.5 Å². The fourth-order valence-electron chi connectivity index (χ4n) is 1.40. The lowest BCUT2D eigenvalue weighted by molar-refractivity contribution is 0.0360. The Bertz CT molecular complexity index is 195. The molecule has 4 heteroatoms. The summed E-state index contributed by atoms with van der Waals surface area (Å²) in [5, 5.41) is 12.0. The highest BCUT2D eigenvalue weighted by atomic mass is 16.5. The van der Waals surface area contributed by atoms with Crippen molar-refractivity contribution in [1.82, 2.24) is 5.32 Å². The van der Waals surface area contributed by atoms with E-state index in [1.807, 2.05) is 13.8 Å². The lowest BCUT2D eigenvalue weighted by atomic mass is 10.2. The van der Waals surface area contributed by atoms with Gasteiger partial charge in [-0.2, -0.15) is 5.26 Å². The zero-order valence-corrected chi connectivity index (χ0v) is 8.82. The molecule has 1 aliphatic rings. The SMILES string of the molecule is CC(C)NC(C#N)COC1CCOC1. The topological polar surface area (TPSA) is 54.3 Å². The quantitative estimate of drug-likeness (QED) is 0.706. The van der Waals surface area contributed by atoms with Crippen LogP contribution in [0.1, 0.15) is 20.3 Å². The molecule has 0 aromatic carbocycles. The fraction of sp³-hybridized carbons (Fsp3) is 0.900. The first-order valence-corrected chi connectivity index (χ1v) is 5.07. The molecular weight excluding hydrogens is 180 g/mol. The predicted octanol–water partition coefficient (Wildman–Crippen LogP) is 0.682. The van der Waals surface area contributed by atoms with Crippen LogP contribution in [0.3, 0.4) is 0 Å². The van der Waals surface area contributed by atoms with Crippen LogP contribution in [0.25, 0.3) is 0 Å². The lowest BCUT2D eigenvalue weighted by Gasteiger charge is -2.16. The summed E-state index contributed by atoms with van der Waals surface area (Å²) < 4.78 is 10.7. The summed E-state index contributed by atoms with van der Waals surface area (Å²) in [7, 11) is 0. The van der Waals surface area contributed by atoms with Gasteiger partial charge in [-0.25, -0.2) is 0 Å². The third-order valence-electron chi connectivity index (χ3n) is 2.08. The van der Waals surface area contributed by atoms with Crippen LogP contribution in [-0.2, 0) is 9.47 Å². The average Bonchev–Trinajstić information content (AvgIpc) is 2.64. The van der Waals surface area contributed by atoms with Crippen molar-refractivity contribution in [3.63, 3.8) is 0 Å². The number of nitrogens with one attached hydrogen (secondary N) is 1. The van der Waals surface area contributed by atoms with E-state index in [0.29, 0.717) is 19.3 Å². The first-order valence-electron chi connectivity index (χ1n) is 5.07. The number of nitrogens with zero attached hydrogens (tertiary/aromatic N) is 1. The Morgan fingerprint density at radius 2 is 2.43 bits per heavy atom. The Kier molecular flexibility index (Phi) is 4.88. The molecule has 1 heterocycles. The Balaban J connectivity index is 2.17. The molecule has 0 saturated carbocycles. The van der Waals surface area contributed by atoms with Crippen LogP contribution in [0.15, 0.2) is 0 Å². The van der Waals surface area contributed by atoms with Crippen LogP contribution in [-0.4, -0.2) is 38.0 Å². The van der Waals surface area contributed by atoms with Crippen molar-refractivity contribution < 1.29 is 9.47 Å². The van der Waals surface area contributed by atoms with Crippen LogP contribution in [0.5, 0.6) is 0 Å². The molecule has 0 aromatic heterocycles. The molecule has 1 rings (SSSR count). The van der Waals surface area contributed by atoms with Crippen molar-refractivity contribution >= 4 is 0 Å². The van der Waals surface area contributed by atoms with Crippen molar-refractivity contribution in [3.05, 3.63) is 0 Å². The van der Waals surface area contributed by atoms with E-state index in [1.54, 1.807) is 0 Å². The van der Waals surface area contributed by atoms with Gasteiger partial charge in [-0.05, 0) is 20.3 Å². The number of hydrogen-bond acceptors (Lipinski definition) is 4. The molecule has 0 aromatic rings. The molecule has 1 N–H and O–H groups in total. The highest BCUT2D eigenvalue weighted by Crippen LogP contribution is 2.08. The van der Waals surface area contributed by atoms with Crippen molar-refractivity contribution in [3.8, 4) is 6.07 Å². The maximum Gasteiger partial charge on any atom is 0.119 e. The van der Waals surface area contributed by atoms with E-state index in [4.69, 9.17) is 14.7 Å². The van der Waals surface area contributed by atoms with E-state index < -0.39 is 0 Å². The van der Waals surface area contributed by atoms with Gasteiger partial charge in [-0.3, -0.25) is 5.32 Å². The summed E-state index contributed by atoms with van der Waals surface area (Å²) in [4.78, 5) is 0. The number of nitriles is 1. The number of rotatable bonds is 5. The molecular formula is C10H18N2O2. The van der Waals surface area contributed by atoms with E-state index in [1.165, 1.54) is 0 Å². The minimum absolute atomic E-state index is 0.180. The van der Waals surface area contributed by atoms with Gasteiger partial charge in [-0.15, -0.1) is 0 Å². The summed E-state index contributed by atoms with van der Waals surface area (Å²) in [6.45, 7) is 5.92. The molecule has 0 aliphatic carbocycles. The van der Waals surface area contributed by atoms with Gasteiger partial charge < -0.3 is 9.47 Å². The van der Waals surface area contributed by atoms with E-state index in [2.05, 4.69) is 11.4 Å². The monoisotopic (exact) mass is 198 g/mol. The normalized spacial score (nSPS) is 23.7. The van der Waals surface area contributed by atoms with Gasteiger partial charge in [0.15, 0.2) is 0 Å². The average molecular weight is 198 g/mol. The summed E-state index contributed by atoms with van der Waals surface area (Å²) in [6, 6.07) is 2.28. The van der Waals surface area contributed by atoms with Crippen LogP contribution in [0.4, 0.5) is 0 Å². The molecule has 0 amide bonds. The van der Waals surface area contributed by atoms with Crippen LogP contribution in [0.2, 0.25) is 0 Å². The molecule has 0 bridgehead atoms. The molecule has 14 heavy (non-hydrogen) atoms. The lowest BCUT2D eigenvalue weighted by Crippen LogP contribution is -2.38. The standard InChI is InChI=1S/C10H18N2O2/c1-8(2)12-9(5-11)6-14-10-3-4-13-7-10/h8-10,12H,3-4,6-7H2,1-2H3. The van der Waals surface area contributed by atoms with E-state index >= 15 is 0 Å². The van der Waals surface area contributed by atoms with Gasteiger partial charge in [-0.1, -0.05) is 0 Å². The zero-order valence-electron chi connectivity index (χ0n) is 8.82. The molecule has 0 radical (unpaired) electrons. The van der Waals surface area contributed by atoms with E-state index in [9.17, 15) is 0 Å². The van der Waals surface area contributed by atoms with Crippen molar-refractivity contribution in [2.75, 3.05) is 19.8 Å². The Morgan fingerprint density at radius 3 is 2.93 bits per heavy atom. The second kappa shape index (κ2) is 5.97. The summed E-state index contributed by atoms with van der Waals surface area (Å²) >= 11 is 0. The predicted molar refractivity (Wildman–Crippen MR) is 52.8 cm³/mol. The van der Waals surface area contributed by atoms with Gasteiger partial charge in [0.05, 0.1) is 25.4 Å². The molecule has 4 nitrogen and oxygen atoms in total. The molecule has 2 unspecified atom stereocenters. The molecule has 1 aliphatic heterocycles. The van der Waals surface area contributed by atoms with Crippen LogP contribution < -0.4 is 5.32 Å². The Labute approximate surface area is 85.2 Å². The van der Waals surface area contributed by atoms with E-state index in [0.717, 1.165) is 13.0 Å². The first-order chi connectivity index (χ1) is 6.72. The zero-order chi connectivity index (χ0) is 10.4. The molecule has 2 atom stereocenters. The summed E-state index contributed by atoms with van der Waals surface area (Å²) in [6.07, 6.45) is 1.12. The molecule has 1 fully saturated rings. The van der Waals surface area contributed by atoms with Gasteiger partial charge in [0.1, 0.15) is 6.04 Å². The van der Waals surface area contributed by atoms with Crippen molar-refractivity contribution in [2.24, 2.45) is 0 Å². The van der Waals surface area contributed by atoms with Gasteiger partial charge in [0.2, 0.25) is 0 Å². The molecule has 1 saturated heterocycles. The largest absolute Gasteiger partial charge is 0.379 e. The highest BCUT2D eigenvalue weighted by molar-refractivity contribution is 4.90. The first kappa shape index (κ1) is 11.4. The Morgan fingerprint density at radius 1 is 1.64 bits per heavy atom. The number of hydrogen-bond donors (Lipinski definition) is 1. The summed E-state index contributed by atoms with van der Waals surface area (Å²) in [5.41, 5.74) is 0. The van der Waals surface area contributed by atoms with Gasteiger partial charge >= 0.3 is 0 Å². The maximum atomic E-state index is 8.83. The Hall–Kier alpha value is -0.630. The second-order valence-corrected chi connectivity index (χ2v) is 3.82.